The molecule has 1 fully saturated rings. The number of piperazine rings is 1. The zero-order valence-corrected chi connectivity index (χ0v) is 20.4. The molecule has 180 valence electrons. The van der Waals surface area contributed by atoms with Crippen molar-refractivity contribution >= 4 is 17.2 Å². The number of carbonyl (C=O) groups excluding carboxylic acids is 1. The Morgan fingerprint density at radius 2 is 1.80 bits per heavy atom. The van der Waals surface area contributed by atoms with Crippen LogP contribution in [0.4, 0.5) is 0 Å². The minimum absolute atomic E-state index is 0.126. The lowest BCUT2D eigenvalue weighted by molar-refractivity contribution is -0.132. The highest BCUT2D eigenvalue weighted by Crippen LogP contribution is 2.21. The van der Waals surface area contributed by atoms with Crippen LogP contribution in [0.1, 0.15) is 22.2 Å². The molecule has 0 radical (unpaired) electrons. The molecule has 1 aliphatic heterocycles. The van der Waals surface area contributed by atoms with Gasteiger partial charge in [-0.25, -0.2) is 4.98 Å². The van der Waals surface area contributed by atoms with Gasteiger partial charge in [0.1, 0.15) is 5.75 Å². The Kier molecular flexibility index (Phi) is 7.15. The van der Waals surface area contributed by atoms with Crippen molar-refractivity contribution in [3.8, 4) is 17.1 Å². The van der Waals surface area contributed by atoms with Crippen LogP contribution >= 0.6 is 11.3 Å². The molecule has 0 unspecified atom stereocenters. The highest BCUT2D eigenvalue weighted by molar-refractivity contribution is 7.09. The number of amides is 1. The van der Waals surface area contributed by atoms with E-state index in [4.69, 9.17) is 9.26 Å². The lowest BCUT2D eigenvalue weighted by Crippen LogP contribution is -2.48. The molecular formula is C26H27N5O3S. The van der Waals surface area contributed by atoms with E-state index < -0.39 is 0 Å². The van der Waals surface area contributed by atoms with E-state index in [0.29, 0.717) is 37.8 Å². The maximum absolute atomic E-state index is 12.8. The third-order valence-corrected chi connectivity index (χ3v) is 6.93. The predicted molar refractivity (Wildman–Crippen MR) is 133 cm³/mol. The summed E-state index contributed by atoms with van der Waals surface area (Å²) in [5.41, 5.74) is 2.96. The van der Waals surface area contributed by atoms with Crippen LogP contribution in [0.25, 0.3) is 11.4 Å². The van der Waals surface area contributed by atoms with Crippen molar-refractivity contribution in [2.24, 2.45) is 0 Å². The lowest BCUT2D eigenvalue weighted by atomic mass is 10.2. The topological polar surface area (TPSA) is 84.6 Å². The van der Waals surface area contributed by atoms with Gasteiger partial charge in [0.05, 0.1) is 30.8 Å². The second-order valence-electron chi connectivity index (χ2n) is 8.47. The molecule has 8 nitrogen and oxygen atoms in total. The third-order valence-electron chi connectivity index (χ3n) is 6.03. The first kappa shape index (κ1) is 23.2. The van der Waals surface area contributed by atoms with Crippen LogP contribution in [0, 0.1) is 0 Å². The molecule has 0 spiro atoms. The fourth-order valence-corrected chi connectivity index (χ4v) is 4.90. The fourth-order valence-electron chi connectivity index (χ4n) is 4.07. The van der Waals surface area contributed by atoms with Gasteiger partial charge >= 0.3 is 0 Å². The van der Waals surface area contributed by atoms with Crippen molar-refractivity contribution in [3.05, 3.63) is 82.1 Å². The Balaban J connectivity index is 1.09. The summed E-state index contributed by atoms with van der Waals surface area (Å²) in [7, 11) is 1.64. The largest absolute Gasteiger partial charge is 0.497 e. The zero-order chi connectivity index (χ0) is 24.0. The molecule has 2 aromatic heterocycles. The predicted octanol–water partition coefficient (Wildman–Crippen LogP) is 3.68. The summed E-state index contributed by atoms with van der Waals surface area (Å²) < 4.78 is 10.6. The first-order chi connectivity index (χ1) is 17.2. The van der Waals surface area contributed by atoms with E-state index in [1.54, 1.807) is 18.4 Å². The van der Waals surface area contributed by atoms with Crippen molar-refractivity contribution < 1.29 is 14.1 Å². The molecule has 5 rings (SSSR count). The second kappa shape index (κ2) is 10.8. The number of rotatable bonds is 8. The van der Waals surface area contributed by atoms with Gasteiger partial charge in [-0.3, -0.25) is 9.69 Å². The molecule has 35 heavy (non-hydrogen) atoms. The van der Waals surface area contributed by atoms with Gasteiger partial charge in [0.2, 0.25) is 17.6 Å². The van der Waals surface area contributed by atoms with Gasteiger partial charge < -0.3 is 14.2 Å². The quantitative estimate of drug-likeness (QED) is 0.373. The number of benzene rings is 2. The van der Waals surface area contributed by atoms with Crippen LogP contribution in [-0.2, 0) is 24.2 Å². The standard InChI is InChI=1S/C26H27N5O3S/c1-33-22-9-7-20(8-10-22)26-28-23(34-29-26)17-30-11-13-31(14-12-30)25(32)16-21-18-35-24(27-21)15-19-5-3-2-4-6-19/h2-10,18H,11-17H2,1H3. The average molecular weight is 490 g/mol. The lowest BCUT2D eigenvalue weighted by Gasteiger charge is -2.33. The van der Waals surface area contributed by atoms with Crippen molar-refractivity contribution in [2.45, 2.75) is 19.4 Å². The summed E-state index contributed by atoms with van der Waals surface area (Å²) in [5, 5.41) is 7.14. The average Bonchev–Trinajstić information content (AvgIpc) is 3.54. The molecule has 1 amide bonds. The molecule has 1 aliphatic rings. The molecule has 0 aliphatic carbocycles. The molecule has 0 N–H and O–H groups in total. The monoisotopic (exact) mass is 489 g/mol. The summed E-state index contributed by atoms with van der Waals surface area (Å²) in [6.07, 6.45) is 1.15. The van der Waals surface area contributed by atoms with Crippen LogP contribution in [0.3, 0.4) is 0 Å². The zero-order valence-electron chi connectivity index (χ0n) is 19.6. The fraction of sp³-hybridized carbons (Fsp3) is 0.308. The Morgan fingerprint density at radius 3 is 2.54 bits per heavy atom. The van der Waals surface area contributed by atoms with E-state index in [2.05, 4.69) is 32.2 Å². The summed E-state index contributed by atoms with van der Waals surface area (Å²) in [5.74, 6) is 2.04. The van der Waals surface area contributed by atoms with E-state index in [1.807, 2.05) is 52.7 Å². The SMILES string of the molecule is COc1ccc(-c2noc(CN3CCN(C(=O)Cc4csc(Cc5ccccc5)n4)CC3)n2)cc1. The third kappa shape index (κ3) is 5.93. The number of methoxy groups -OCH3 is 1. The van der Waals surface area contributed by atoms with Gasteiger partial charge in [0.25, 0.3) is 0 Å². The number of carbonyl (C=O) groups is 1. The Labute approximate surface area is 208 Å². The molecule has 9 heteroatoms. The van der Waals surface area contributed by atoms with E-state index in [-0.39, 0.29) is 5.91 Å². The van der Waals surface area contributed by atoms with E-state index in [9.17, 15) is 4.79 Å². The van der Waals surface area contributed by atoms with Crippen LogP contribution in [0.5, 0.6) is 5.75 Å². The smallest absolute Gasteiger partial charge is 0.241 e. The number of hydrogen-bond donors (Lipinski definition) is 0. The minimum atomic E-state index is 0.126. The Morgan fingerprint density at radius 1 is 1.03 bits per heavy atom. The van der Waals surface area contributed by atoms with Crippen LogP contribution < -0.4 is 4.74 Å². The number of ether oxygens (including phenoxy) is 1. The summed E-state index contributed by atoms with van der Waals surface area (Å²) >= 11 is 1.62. The van der Waals surface area contributed by atoms with Crippen molar-refractivity contribution in [3.63, 3.8) is 0 Å². The summed E-state index contributed by atoms with van der Waals surface area (Å²) in [4.78, 5) is 26.2. The molecule has 2 aromatic carbocycles. The van der Waals surface area contributed by atoms with E-state index in [0.717, 1.165) is 41.5 Å². The molecular weight excluding hydrogens is 462 g/mol. The number of nitrogens with zero attached hydrogens (tertiary/aromatic N) is 5. The van der Waals surface area contributed by atoms with Crippen LogP contribution in [0.2, 0.25) is 0 Å². The van der Waals surface area contributed by atoms with E-state index in [1.165, 1.54) is 5.56 Å². The Hall–Kier alpha value is -3.56. The maximum atomic E-state index is 12.8. The first-order valence-corrected chi connectivity index (χ1v) is 12.5. The van der Waals surface area contributed by atoms with Crippen LogP contribution in [-0.4, -0.2) is 64.1 Å². The maximum Gasteiger partial charge on any atom is 0.241 e. The van der Waals surface area contributed by atoms with Gasteiger partial charge in [-0.2, -0.15) is 4.98 Å². The Bertz CT molecular complexity index is 1250. The van der Waals surface area contributed by atoms with Gasteiger partial charge in [-0.1, -0.05) is 35.5 Å². The molecule has 3 heterocycles. The van der Waals surface area contributed by atoms with Gasteiger partial charge in [-0.05, 0) is 29.8 Å². The first-order valence-electron chi connectivity index (χ1n) is 11.6. The molecule has 0 saturated carbocycles. The van der Waals surface area contributed by atoms with Crippen molar-refractivity contribution in [1.82, 2.24) is 24.9 Å². The minimum Gasteiger partial charge on any atom is -0.497 e. The molecule has 0 atom stereocenters. The highest BCUT2D eigenvalue weighted by atomic mass is 32.1. The van der Waals surface area contributed by atoms with E-state index >= 15 is 0 Å². The summed E-state index contributed by atoms with van der Waals surface area (Å²) in [6, 6.07) is 17.8. The molecule has 0 bridgehead atoms. The van der Waals surface area contributed by atoms with Gasteiger partial charge in [-0.15, -0.1) is 11.3 Å². The molecule has 4 aromatic rings. The number of hydrogen-bond acceptors (Lipinski definition) is 8. The summed E-state index contributed by atoms with van der Waals surface area (Å²) in [6.45, 7) is 3.46. The second-order valence-corrected chi connectivity index (χ2v) is 9.41. The van der Waals surface area contributed by atoms with Crippen molar-refractivity contribution in [1.29, 1.82) is 0 Å². The van der Waals surface area contributed by atoms with Crippen molar-refractivity contribution in [2.75, 3.05) is 33.3 Å². The number of aromatic nitrogens is 3. The highest BCUT2D eigenvalue weighted by Gasteiger charge is 2.23. The van der Waals surface area contributed by atoms with Gasteiger partial charge in [0.15, 0.2) is 0 Å². The normalized spacial score (nSPS) is 14.3. The van der Waals surface area contributed by atoms with Crippen LogP contribution in [0.15, 0.2) is 64.5 Å². The van der Waals surface area contributed by atoms with Gasteiger partial charge in [0, 0.05) is 43.5 Å². The molecule has 1 saturated heterocycles. The number of thiazole rings is 1.